The summed E-state index contributed by atoms with van der Waals surface area (Å²) >= 11 is 0. The van der Waals surface area contributed by atoms with Crippen LogP contribution >= 0.6 is 0 Å². The van der Waals surface area contributed by atoms with Gasteiger partial charge in [-0.15, -0.1) is 0 Å². The number of nitrogens with zero attached hydrogens (tertiary/aromatic N) is 1. The third-order valence-electron chi connectivity index (χ3n) is 3.88. The van der Waals surface area contributed by atoms with Crippen LogP contribution in [0, 0.1) is 5.92 Å². The van der Waals surface area contributed by atoms with Crippen LogP contribution in [0.2, 0.25) is 0 Å². The van der Waals surface area contributed by atoms with Crippen molar-refractivity contribution in [2.45, 2.75) is 39.7 Å². The van der Waals surface area contributed by atoms with Gasteiger partial charge in [0.2, 0.25) is 0 Å². The van der Waals surface area contributed by atoms with Crippen molar-refractivity contribution in [3.05, 3.63) is 23.8 Å². The van der Waals surface area contributed by atoms with Crippen molar-refractivity contribution in [1.29, 1.82) is 0 Å². The van der Waals surface area contributed by atoms with E-state index in [1.807, 2.05) is 18.2 Å². The average Bonchev–Trinajstić information content (AvgIpc) is 2.28. The standard InChI is InChI=1S/C15H22N2O/c1-10-6-7-17(11(2)8-10)13-4-5-14(12(3)18)15(16)9-13/h4-5,9-11H,6-8,16H2,1-3H3. The Kier molecular flexibility index (Phi) is 3.60. The predicted molar refractivity (Wildman–Crippen MR) is 76.1 cm³/mol. The molecule has 1 saturated heterocycles. The minimum Gasteiger partial charge on any atom is -0.398 e. The number of ketones is 1. The Morgan fingerprint density at radius 2 is 2.11 bits per heavy atom. The lowest BCUT2D eigenvalue weighted by Gasteiger charge is -2.38. The van der Waals surface area contributed by atoms with Crippen LogP contribution < -0.4 is 10.6 Å². The van der Waals surface area contributed by atoms with Gasteiger partial charge < -0.3 is 10.6 Å². The molecule has 0 amide bonds. The quantitative estimate of drug-likeness (QED) is 0.644. The Bertz CT molecular complexity index is 456. The van der Waals surface area contributed by atoms with Gasteiger partial charge in [0.15, 0.2) is 5.78 Å². The maximum Gasteiger partial charge on any atom is 0.161 e. The van der Waals surface area contributed by atoms with E-state index < -0.39 is 0 Å². The monoisotopic (exact) mass is 246 g/mol. The normalized spacial score (nSPS) is 24.1. The van der Waals surface area contributed by atoms with Crippen LogP contribution in [0.1, 0.15) is 44.0 Å². The van der Waals surface area contributed by atoms with Crippen LogP contribution in [-0.2, 0) is 0 Å². The summed E-state index contributed by atoms with van der Waals surface area (Å²) in [4.78, 5) is 13.8. The first-order chi connectivity index (χ1) is 8.49. The summed E-state index contributed by atoms with van der Waals surface area (Å²) in [6, 6.07) is 6.33. The fourth-order valence-electron chi connectivity index (χ4n) is 2.84. The van der Waals surface area contributed by atoms with E-state index in [0.717, 1.165) is 18.2 Å². The van der Waals surface area contributed by atoms with Gasteiger partial charge in [0, 0.05) is 29.5 Å². The third-order valence-corrected chi connectivity index (χ3v) is 3.88. The van der Waals surface area contributed by atoms with Crippen LogP contribution in [-0.4, -0.2) is 18.4 Å². The van der Waals surface area contributed by atoms with Gasteiger partial charge >= 0.3 is 0 Å². The zero-order valence-corrected chi connectivity index (χ0v) is 11.4. The molecule has 2 unspecified atom stereocenters. The van der Waals surface area contributed by atoms with Gasteiger partial charge in [0.25, 0.3) is 0 Å². The van der Waals surface area contributed by atoms with Crippen molar-refractivity contribution in [1.82, 2.24) is 0 Å². The Labute approximate surface area is 109 Å². The number of carbonyl (C=O) groups is 1. The number of benzene rings is 1. The van der Waals surface area contributed by atoms with Crippen molar-refractivity contribution in [2.75, 3.05) is 17.2 Å². The van der Waals surface area contributed by atoms with Crippen molar-refractivity contribution in [3.8, 4) is 0 Å². The molecule has 1 aromatic carbocycles. The van der Waals surface area contributed by atoms with E-state index in [0.29, 0.717) is 17.3 Å². The maximum absolute atomic E-state index is 11.4. The molecule has 1 fully saturated rings. The molecule has 18 heavy (non-hydrogen) atoms. The van der Waals surface area contributed by atoms with Gasteiger partial charge in [-0.2, -0.15) is 0 Å². The van der Waals surface area contributed by atoms with Gasteiger partial charge in [-0.25, -0.2) is 0 Å². The molecule has 1 aliphatic heterocycles. The van der Waals surface area contributed by atoms with Crippen molar-refractivity contribution in [3.63, 3.8) is 0 Å². The van der Waals surface area contributed by atoms with Crippen LogP contribution in [0.3, 0.4) is 0 Å². The first-order valence-corrected chi connectivity index (χ1v) is 6.66. The molecule has 1 heterocycles. The highest BCUT2D eigenvalue weighted by Crippen LogP contribution is 2.29. The summed E-state index contributed by atoms with van der Waals surface area (Å²) in [5.74, 6) is 0.824. The van der Waals surface area contributed by atoms with Gasteiger partial charge in [-0.05, 0) is 50.8 Å². The van der Waals surface area contributed by atoms with E-state index >= 15 is 0 Å². The number of hydrogen-bond donors (Lipinski definition) is 1. The number of nitrogens with two attached hydrogens (primary N) is 1. The molecule has 1 aliphatic rings. The molecule has 1 aromatic rings. The molecule has 0 aliphatic carbocycles. The van der Waals surface area contributed by atoms with E-state index in [2.05, 4.69) is 18.7 Å². The molecule has 3 heteroatoms. The van der Waals surface area contributed by atoms with E-state index in [1.54, 1.807) is 6.92 Å². The average molecular weight is 246 g/mol. The summed E-state index contributed by atoms with van der Waals surface area (Å²) < 4.78 is 0. The highest BCUT2D eigenvalue weighted by molar-refractivity contribution is 5.99. The topological polar surface area (TPSA) is 46.3 Å². The Balaban J connectivity index is 2.24. The summed E-state index contributed by atoms with van der Waals surface area (Å²) in [5.41, 5.74) is 8.30. The Hall–Kier alpha value is -1.51. The van der Waals surface area contributed by atoms with Crippen LogP contribution in [0.5, 0.6) is 0 Å². The van der Waals surface area contributed by atoms with Crippen LogP contribution in [0.4, 0.5) is 11.4 Å². The fourth-order valence-corrected chi connectivity index (χ4v) is 2.84. The zero-order chi connectivity index (χ0) is 13.3. The van der Waals surface area contributed by atoms with E-state index in [4.69, 9.17) is 5.73 Å². The summed E-state index contributed by atoms with van der Waals surface area (Å²) in [6.07, 6.45) is 2.44. The number of hydrogen-bond acceptors (Lipinski definition) is 3. The van der Waals surface area contributed by atoms with Crippen LogP contribution in [0.15, 0.2) is 18.2 Å². The van der Waals surface area contributed by atoms with Gasteiger partial charge in [-0.3, -0.25) is 4.79 Å². The fraction of sp³-hybridized carbons (Fsp3) is 0.533. The minimum atomic E-state index is 0.0272. The first kappa shape index (κ1) is 12.9. The number of anilines is 2. The molecule has 0 spiro atoms. The smallest absolute Gasteiger partial charge is 0.161 e. The number of rotatable bonds is 2. The maximum atomic E-state index is 11.4. The SMILES string of the molecule is CC(=O)c1ccc(N2CCC(C)CC2C)cc1N. The summed E-state index contributed by atoms with van der Waals surface area (Å²) in [6.45, 7) is 7.18. The molecule has 2 N–H and O–H groups in total. The van der Waals surface area contributed by atoms with Crippen LogP contribution in [0.25, 0.3) is 0 Å². The Morgan fingerprint density at radius 3 is 2.67 bits per heavy atom. The van der Waals surface area contributed by atoms with Gasteiger partial charge in [0.1, 0.15) is 0 Å². The second-order valence-electron chi connectivity index (χ2n) is 5.50. The van der Waals surface area contributed by atoms with Gasteiger partial charge in [-0.1, -0.05) is 6.92 Å². The van der Waals surface area contributed by atoms with E-state index in [9.17, 15) is 4.79 Å². The molecule has 0 saturated carbocycles. The molecule has 3 nitrogen and oxygen atoms in total. The van der Waals surface area contributed by atoms with Crippen molar-refractivity contribution >= 4 is 17.2 Å². The summed E-state index contributed by atoms with van der Waals surface area (Å²) in [7, 11) is 0. The van der Waals surface area contributed by atoms with Crippen molar-refractivity contribution in [2.24, 2.45) is 5.92 Å². The largest absolute Gasteiger partial charge is 0.398 e. The lowest BCUT2D eigenvalue weighted by Crippen LogP contribution is -2.40. The molecule has 0 bridgehead atoms. The molecule has 98 valence electrons. The van der Waals surface area contributed by atoms with Crippen molar-refractivity contribution < 1.29 is 4.79 Å². The molecule has 2 rings (SSSR count). The minimum absolute atomic E-state index is 0.0272. The second kappa shape index (κ2) is 5.01. The number of carbonyl (C=O) groups excluding carboxylic acids is 1. The number of Topliss-reactive ketones (excluding diaryl/α,β-unsaturated/α-hetero) is 1. The molecule has 0 aromatic heterocycles. The third kappa shape index (κ3) is 2.50. The van der Waals surface area contributed by atoms with Gasteiger partial charge in [0.05, 0.1) is 0 Å². The summed E-state index contributed by atoms with van der Waals surface area (Å²) in [5, 5.41) is 0. The molecule has 0 radical (unpaired) electrons. The Morgan fingerprint density at radius 1 is 1.39 bits per heavy atom. The number of piperidine rings is 1. The lowest BCUT2D eigenvalue weighted by atomic mass is 9.92. The van der Waals surface area contributed by atoms with E-state index in [1.165, 1.54) is 12.8 Å². The molecule has 2 atom stereocenters. The highest BCUT2D eigenvalue weighted by Gasteiger charge is 2.23. The molecular formula is C15H22N2O. The first-order valence-electron chi connectivity index (χ1n) is 6.66. The zero-order valence-electron chi connectivity index (χ0n) is 11.4. The predicted octanol–water partition coefficient (Wildman–Crippen LogP) is 3.10. The highest BCUT2D eigenvalue weighted by atomic mass is 16.1. The lowest BCUT2D eigenvalue weighted by molar-refractivity contribution is 0.101. The number of nitrogen functional groups attached to an aromatic ring is 1. The molecular weight excluding hydrogens is 224 g/mol. The van der Waals surface area contributed by atoms with E-state index in [-0.39, 0.29) is 5.78 Å². The second-order valence-corrected chi connectivity index (χ2v) is 5.50.